The Balaban J connectivity index is 2.20. The van der Waals surface area contributed by atoms with Gasteiger partial charge in [-0.2, -0.15) is 0 Å². The van der Waals surface area contributed by atoms with Crippen LogP contribution < -0.4 is 16.8 Å². The predicted molar refractivity (Wildman–Crippen MR) is 119 cm³/mol. The molecule has 8 heteroatoms. The SMILES string of the molecule is CC(=O)C(=C(C)N)c1ccc2c(Nc3ccc(C)c(C(=O)O)c3)c(C(N)=O)cnc2c1. The molecule has 0 unspecified atom stereocenters. The molecule has 0 aliphatic carbocycles. The Kier molecular flexibility index (Phi) is 5.74. The summed E-state index contributed by atoms with van der Waals surface area (Å²) in [6.45, 7) is 4.78. The largest absolute Gasteiger partial charge is 0.478 e. The highest BCUT2D eigenvalue weighted by Crippen LogP contribution is 2.32. The number of benzene rings is 2. The van der Waals surface area contributed by atoms with Crippen LogP contribution in [-0.2, 0) is 4.79 Å². The molecule has 158 valence electrons. The Morgan fingerprint density at radius 1 is 1.00 bits per heavy atom. The number of hydrogen-bond acceptors (Lipinski definition) is 6. The van der Waals surface area contributed by atoms with E-state index in [1.54, 1.807) is 44.2 Å². The molecule has 1 aromatic heterocycles. The first kappa shape index (κ1) is 21.5. The van der Waals surface area contributed by atoms with Crippen LogP contribution in [-0.4, -0.2) is 27.8 Å². The highest BCUT2D eigenvalue weighted by atomic mass is 16.4. The third kappa shape index (κ3) is 4.23. The van der Waals surface area contributed by atoms with Gasteiger partial charge in [-0.15, -0.1) is 0 Å². The maximum atomic E-state index is 12.0. The highest BCUT2D eigenvalue weighted by Gasteiger charge is 2.17. The summed E-state index contributed by atoms with van der Waals surface area (Å²) in [6.07, 6.45) is 1.34. The number of Topliss-reactive ketones (excluding diaryl/α,β-unsaturated/α-hetero) is 1. The number of amides is 1. The number of rotatable bonds is 6. The van der Waals surface area contributed by atoms with E-state index in [-0.39, 0.29) is 16.9 Å². The molecular formula is C23H22N4O4. The van der Waals surface area contributed by atoms with Crippen molar-refractivity contribution in [2.24, 2.45) is 11.5 Å². The number of aromatic carboxylic acids is 1. The highest BCUT2D eigenvalue weighted by molar-refractivity contribution is 6.21. The van der Waals surface area contributed by atoms with Gasteiger partial charge in [0, 0.05) is 28.5 Å². The molecule has 31 heavy (non-hydrogen) atoms. The van der Waals surface area contributed by atoms with Crippen LogP contribution in [0.4, 0.5) is 11.4 Å². The van der Waals surface area contributed by atoms with Gasteiger partial charge >= 0.3 is 5.97 Å². The summed E-state index contributed by atoms with van der Waals surface area (Å²) in [6, 6.07) is 10.00. The first-order valence-electron chi connectivity index (χ1n) is 9.41. The zero-order chi connectivity index (χ0) is 22.9. The van der Waals surface area contributed by atoms with Gasteiger partial charge in [0.2, 0.25) is 0 Å². The number of nitrogens with two attached hydrogens (primary N) is 2. The van der Waals surface area contributed by atoms with Crippen molar-refractivity contribution >= 4 is 45.5 Å². The van der Waals surface area contributed by atoms with Gasteiger partial charge in [0.05, 0.1) is 22.3 Å². The third-order valence-corrected chi connectivity index (χ3v) is 4.91. The summed E-state index contributed by atoms with van der Waals surface area (Å²) < 4.78 is 0. The number of allylic oxidation sites excluding steroid dienone is 2. The fourth-order valence-corrected chi connectivity index (χ4v) is 3.45. The van der Waals surface area contributed by atoms with Crippen LogP contribution in [0.15, 0.2) is 48.3 Å². The van der Waals surface area contributed by atoms with E-state index >= 15 is 0 Å². The molecule has 1 amide bonds. The van der Waals surface area contributed by atoms with E-state index in [2.05, 4.69) is 10.3 Å². The smallest absolute Gasteiger partial charge is 0.336 e. The Hall–Kier alpha value is -4.20. The van der Waals surface area contributed by atoms with E-state index in [9.17, 15) is 19.5 Å². The van der Waals surface area contributed by atoms with E-state index < -0.39 is 11.9 Å². The number of carboxylic acid groups (broad SMARTS) is 1. The van der Waals surface area contributed by atoms with Gasteiger partial charge < -0.3 is 21.9 Å². The maximum Gasteiger partial charge on any atom is 0.336 e. The number of nitrogens with zero attached hydrogens (tertiary/aromatic N) is 1. The molecule has 8 nitrogen and oxygen atoms in total. The number of carbonyl (C=O) groups excluding carboxylic acids is 2. The number of primary amides is 1. The van der Waals surface area contributed by atoms with Crippen molar-refractivity contribution in [1.29, 1.82) is 0 Å². The van der Waals surface area contributed by atoms with E-state index in [0.717, 1.165) is 0 Å². The minimum absolute atomic E-state index is 0.140. The number of nitrogens with one attached hydrogen (secondary N) is 1. The molecule has 3 aromatic rings. The number of hydrogen-bond donors (Lipinski definition) is 4. The Morgan fingerprint density at radius 3 is 2.29 bits per heavy atom. The molecule has 6 N–H and O–H groups in total. The average Bonchev–Trinajstić information content (AvgIpc) is 2.68. The number of carbonyl (C=O) groups is 3. The van der Waals surface area contributed by atoms with Crippen molar-refractivity contribution in [3.63, 3.8) is 0 Å². The summed E-state index contributed by atoms with van der Waals surface area (Å²) in [7, 11) is 0. The average molecular weight is 418 g/mol. The fourth-order valence-electron chi connectivity index (χ4n) is 3.45. The minimum Gasteiger partial charge on any atom is -0.478 e. The molecule has 0 saturated heterocycles. The molecule has 3 rings (SSSR count). The normalized spacial score (nSPS) is 11.7. The molecule has 0 fully saturated rings. The van der Waals surface area contributed by atoms with Gasteiger partial charge in [-0.05, 0) is 50.1 Å². The standard InChI is InChI=1S/C23H22N4O4/c1-11-4-6-15(9-17(11)23(30)31)27-21-16-7-5-14(20(12(2)24)13(3)28)8-19(16)26-10-18(21)22(25)29/h4-10H,24H2,1-3H3,(H2,25,29)(H,26,27)(H,30,31). The number of aromatic nitrogens is 1. The molecule has 1 heterocycles. The van der Waals surface area contributed by atoms with Crippen molar-refractivity contribution in [3.8, 4) is 0 Å². The van der Waals surface area contributed by atoms with Crippen LogP contribution in [0, 0.1) is 6.92 Å². The molecule has 2 aromatic carbocycles. The first-order chi connectivity index (χ1) is 14.6. The second-order valence-electron chi connectivity index (χ2n) is 7.22. The summed E-state index contributed by atoms with van der Waals surface area (Å²) >= 11 is 0. The number of anilines is 2. The van der Waals surface area contributed by atoms with E-state index in [4.69, 9.17) is 11.5 Å². The topological polar surface area (TPSA) is 148 Å². The maximum absolute atomic E-state index is 12.0. The lowest BCUT2D eigenvalue weighted by molar-refractivity contribution is -0.111. The molecule has 0 spiro atoms. The zero-order valence-corrected chi connectivity index (χ0v) is 17.3. The van der Waals surface area contributed by atoms with Gasteiger partial charge in [-0.25, -0.2) is 4.79 Å². The second kappa shape index (κ2) is 8.27. The number of carboxylic acids is 1. The summed E-state index contributed by atoms with van der Waals surface area (Å²) in [5, 5.41) is 13.1. The van der Waals surface area contributed by atoms with Gasteiger partial charge in [0.1, 0.15) is 0 Å². The lowest BCUT2D eigenvalue weighted by atomic mass is 9.98. The first-order valence-corrected chi connectivity index (χ1v) is 9.41. The predicted octanol–water partition coefficient (Wildman–Crippen LogP) is 3.36. The number of fused-ring (bicyclic) bond motifs is 1. The Labute approximate surface area is 178 Å². The van der Waals surface area contributed by atoms with Crippen LogP contribution in [0.5, 0.6) is 0 Å². The van der Waals surface area contributed by atoms with Crippen molar-refractivity contribution < 1.29 is 19.5 Å². The van der Waals surface area contributed by atoms with E-state index in [0.29, 0.717) is 44.7 Å². The molecule has 0 saturated carbocycles. The molecule has 0 atom stereocenters. The molecule has 0 aliphatic rings. The molecular weight excluding hydrogens is 396 g/mol. The van der Waals surface area contributed by atoms with E-state index in [1.165, 1.54) is 19.2 Å². The van der Waals surface area contributed by atoms with Crippen LogP contribution in [0.2, 0.25) is 0 Å². The van der Waals surface area contributed by atoms with Gasteiger partial charge in [0.15, 0.2) is 5.78 Å². The van der Waals surface area contributed by atoms with Crippen LogP contribution in [0.1, 0.15) is 45.7 Å². The van der Waals surface area contributed by atoms with Crippen molar-refractivity contribution in [2.45, 2.75) is 20.8 Å². The van der Waals surface area contributed by atoms with Crippen LogP contribution in [0.25, 0.3) is 16.5 Å². The summed E-state index contributed by atoms with van der Waals surface area (Å²) in [5.74, 6) is -1.91. The van der Waals surface area contributed by atoms with Crippen molar-refractivity contribution in [2.75, 3.05) is 5.32 Å². The molecule has 0 bridgehead atoms. The van der Waals surface area contributed by atoms with Gasteiger partial charge in [-0.3, -0.25) is 14.6 Å². The minimum atomic E-state index is -1.05. The Morgan fingerprint density at radius 2 is 1.71 bits per heavy atom. The summed E-state index contributed by atoms with van der Waals surface area (Å²) in [5.41, 5.74) is 15.1. The number of pyridine rings is 1. The molecule has 0 aliphatic heterocycles. The summed E-state index contributed by atoms with van der Waals surface area (Å²) in [4.78, 5) is 39.8. The van der Waals surface area contributed by atoms with Gasteiger partial charge in [0.25, 0.3) is 5.91 Å². The van der Waals surface area contributed by atoms with Crippen molar-refractivity contribution in [3.05, 3.63) is 70.5 Å². The number of aryl methyl sites for hydroxylation is 1. The van der Waals surface area contributed by atoms with Crippen molar-refractivity contribution in [1.82, 2.24) is 4.98 Å². The van der Waals surface area contributed by atoms with Crippen LogP contribution in [0.3, 0.4) is 0 Å². The fraction of sp³-hybridized carbons (Fsp3) is 0.130. The number of ketones is 1. The quantitative estimate of drug-likeness (QED) is 0.448. The lowest BCUT2D eigenvalue weighted by Crippen LogP contribution is -2.14. The third-order valence-electron chi connectivity index (χ3n) is 4.91. The monoisotopic (exact) mass is 418 g/mol. The van der Waals surface area contributed by atoms with Crippen LogP contribution >= 0.6 is 0 Å². The van der Waals surface area contributed by atoms with Gasteiger partial charge in [-0.1, -0.05) is 18.2 Å². The Bertz CT molecular complexity index is 1270. The molecule has 0 radical (unpaired) electrons. The van der Waals surface area contributed by atoms with E-state index in [1.807, 2.05) is 0 Å². The second-order valence-corrected chi connectivity index (χ2v) is 7.22. The lowest BCUT2D eigenvalue weighted by Gasteiger charge is -2.15. The zero-order valence-electron chi connectivity index (χ0n) is 17.3.